The fourth-order valence-electron chi connectivity index (χ4n) is 8.99. The minimum absolute atomic E-state index is 0.280. The van der Waals surface area contributed by atoms with Gasteiger partial charge in [0, 0.05) is 56.4 Å². The van der Waals surface area contributed by atoms with Crippen LogP contribution in [-0.2, 0) is 0 Å². The number of halogens is 3. The fourth-order valence-corrected chi connectivity index (χ4v) is 8.99. The van der Waals surface area contributed by atoms with Gasteiger partial charge in [-0.2, -0.15) is 0 Å². The molecule has 0 aromatic heterocycles. The zero-order chi connectivity index (χ0) is 36.1. The van der Waals surface area contributed by atoms with E-state index in [0.29, 0.717) is 11.4 Å². The van der Waals surface area contributed by atoms with Crippen molar-refractivity contribution in [3.05, 3.63) is 170 Å². The van der Waals surface area contributed by atoms with Gasteiger partial charge < -0.3 is 14.5 Å². The molecule has 9 aromatic rings. The highest BCUT2D eigenvalue weighted by Crippen LogP contribution is 2.51. The predicted molar refractivity (Wildman–Crippen MR) is 217 cm³/mol. The van der Waals surface area contributed by atoms with E-state index < -0.39 is 6.36 Å². The Morgan fingerprint density at radius 3 is 1.24 bits per heavy atom. The van der Waals surface area contributed by atoms with Crippen LogP contribution in [0.3, 0.4) is 0 Å². The summed E-state index contributed by atoms with van der Waals surface area (Å²) in [7, 11) is 0. The molecule has 7 heteroatoms. The summed E-state index contributed by atoms with van der Waals surface area (Å²) in [6.45, 7) is -0.299. The van der Waals surface area contributed by atoms with Gasteiger partial charge in [0.2, 0.25) is 0 Å². The van der Waals surface area contributed by atoms with Crippen molar-refractivity contribution < 1.29 is 17.9 Å². The van der Waals surface area contributed by atoms with Gasteiger partial charge in [0.15, 0.2) is 0 Å². The lowest BCUT2D eigenvalue weighted by atomic mass is 9.33. The number of anilines is 6. The molecule has 0 saturated heterocycles. The summed E-state index contributed by atoms with van der Waals surface area (Å²) in [5.74, 6) is -0.280. The predicted octanol–water partition coefficient (Wildman–Crippen LogP) is 11.3. The van der Waals surface area contributed by atoms with Gasteiger partial charge in [-0.25, -0.2) is 0 Å². The topological polar surface area (TPSA) is 15.7 Å². The highest BCUT2D eigenvalue weighted by Gasteiger charge is 2.46. The second kappa shape index (κ2) is 11.4. The molecule has 2 aliphatic heterocycles. The maximum absolute atomic E-state index is 14.4. The number of hydrogen-bond donors (Lipinski definition) is 0. The van der Waals surface area contributed by atoms with E-state index in [1.54, 1.807) is 12.1 Å². The molecule has 0 radical (unpaired) electrons. The third-order valence-electron chi connectivity index (χ3n) is 11.1. The van der Waals surface area contributed by atoms with E-state index in [0.717, 1.165) is 82.2 Å². The van der Waals surface area contributed by atoms with Gasteiger partial charge in [-0.3, -0.25) is 0 Å². The summed E-state index contributed by atoms with van der Waals surface area (Å²) in [5, 5.41) is 8.14. The van der Waals surface area contributed by atoms with Gasteiger partial charge in [-0.15, -0.1) is 13.2 Å². The molecule has 0 aliphatic carbocycles. The molecule has 0 spiro atoms. The molecule has 11 rings (SSSR count). The van der Waals surface area contributed by atoms with E-state index in [2.05, 4.69) is 107 Å². The summed E-state index contributed by atoms with van der Waals surface area (Å²) < 4.78 is 48.1. The summed E-state index contributed by atoms with van der Waals surface area (Å²) in [4.78, 5) is 4.35. The largest absolute Gasteiger partial charge is 0.573 e. The maximum atomic E-state index is 14.4. The zero-order valence-electron chi connectivity index (χ0n) is 28.7. The van der Waals surface area contributed by atoms with E-state index in [1.807, 2.05) is 60.7 Å². The smallest absolute Gasteiger partial charge is 0.406 e. The van der Waals surface area contributed by atoms with Crippen molar-refractivity contribution in [1.82, 2.24) is 0 Å². The molecule has 0 fully saturated rings. The molecule has 0 unspecified atom stereocenters. The summed E-state index contributed by atoms with van der Waals surface area (Å²) in [5.41, 5.74) is 7.97. The SMILES string of the molecule is FC(F)(F)Oc1cc2c3c(c1)N(c1cccc4ccccc14)c1c(ccc4ccccc14)B3c1ccc3ccccc3c1N2c1cccc2ccccc12. The number of fused-ring (bicyclic) bond motifs is 10. The monoisotopic (exact) mass is 704 g/mol. The van der Waals surface area contributed by atoms with Crippen LogP contribution in [0.25, 0.3) is 43.1 Å². The van der Waals surface area contributed by atoms with Crippen molar-refractivity contribution in [2.75, 3.05) is 9.80 Å². The molecule has 0 atom stereocenters. The Labute approximate surface area is 309 Å². The van der Waals surface area contributed by atoms with Crippen molar-refractivity contribution in [1.29, 1.82) is 0 Å². The first kappa shape index (κ1) is 30.9. The molecule has 256 valence electrons. The van der Waals surface area contributed by atoms with Crippen molar-refractivity contribution in [3.8, 4) is 5.75 Å². The van der Waals surface area contributed by atoms with Gasteiger partial charge in [0.1, 0.15) is 5.75 Å². The number of hydrogen-bond acceptors (Lipinski definition) is 3. The first-order valence-corrected chi connectivity index (χ1v) is 18.0. The van der Waals surface area contributed by atoms with Crippen molar-refractivity contribution in [2.45, 2.75) is 6.36 Å². The van der Waals surface area contributed by atoms with Crippen LogP contribution in [0.1, 0.15) is 0 Å². The third kappa shape index (κ3) is 4.51. The van der Waals surface area contributed by atoms with Crippen LogP contribution in [0.5, 0.6) is 5.75 Å². The standard InChI is InChI=1S/C47H28BF3N2O/c49-47(50,51)54-33-27-42-44-43(28-33)53(41-22-10-16-30-12-2-6-18-35(30)41)46-37-20-8-4-14-32(37)24-26-39(46)48(44)38-25-23-31-13-3-7-19-36(31)45(38)52(42)40-21-9-15-29-11-1-5-17-34(29)40/h1-28H. The highest BCUT2D eigenvalue weighted by molar-refractivity contribution is 7.00. The lowest BCUT2D eigenvalue weighted by molar-refractivity contribution is -0.274. The van der Waals surface area contributed by atoms with Crippen LogP contribution in [0.4, 0.5) is 47.3 Å². The Bertz CT molecular complexity index is 2810. The molecule has 54 heavy (non-hydrogen) atoms. The second-order valence-electron chi connectivity index (χ2n) is 14.0. The minimum atomic E-state index is -4.91. The molecule has 9 aromatic carbocycles. The zero-order valence-corrected chi connectivity index (χ0v) is 28.7. The van der Waals surface area contributed by atoms with Gasteiger partial charge in [0.25, 0.3) is 6.71 Å². The maximum Gasteiger partial charge on any atom is 0.573 e. The van der Waals surface area contributed by atoms with Crippen LogP contribution < -0.4 is 30.9 Å². The van der Waals surface area contributed by atoms with Gasteiger partial charge >= 0.3 is 6.36 Å². The Morgan fingerprint density at radius 2 is 0.796 bits per heavy atom. The Morgan fingerprint density at radius 1 is 0.407 bits per heavy atom. The number of benzene rings is 9. The first-order valence-electron chi connectivity index (χ1n) is 18.0. The van der Waals surface area contributed by atoms with Crippen LogP contribution in [0, 0.1) is 0 Å². The van der Waals surface area contributed by atoms with E-state index in [4.69, 9.17) is 4.74 Å². The molecule has 0 saturated carbocycles. The second-order valence-corrected chi connectivity index (χ2v) is 14.0. The molecule has 0 bridgehead atoms. The van der Waals surface area contributed by atoms with E-state index in [-0.39, 0.29) is 12.5 Å². The number of alkyl halides is 3. The molecule has 3 nitrogen and oxygen atoms in total. The first-order chi connectivity index (χ1) is 26.4. The number of ether oxygens (including phenoxy) is 1. The Balaban J connectivity index is 1.34. The van der Waals surface area contributed by atoms with Crippen molar-refractivity contribution in [2.24, 2.45) is 0 Å². The molecular weight excluding hydrogens is 676 g/mol. The molecule has 2 aliphatic rings. The van der Waals surface area contributed by atoms with Gasteiger partial charge in [0.05, 0.1) is 11.4 Å². The summed E-state index contributed by atoms with van der Waals surface area (Å²) in [6, 6.07) is 57.0. The lowest BCUT2D eigenvalue weighted by Crippen LogP contribution is -2.61. The number of nitrogens with zero attached hydrogens (tertiary/aromatic N) is 2. The quantitative estimate of drug-likeness (QED) is 0.170. The van der Waals surface area contributed by atoms with E-state index >= 15 is 0 Å². The average molecular weight is 705 g/mol. The van der Waals surface area contributed by atoms with E-state index in [1.165, 1.54) is 0 Å². The summed E-state index contributed by atoms with van der Waals surface area (Å²) >= 11 is 0. The highest BCUT2D eigenvalue weighted by atomic mass is 19.4. The third-order valence-corrected chi connectivity index (χ3v) is 11.1. The van der Waals surface area contributed by atoms with Crippen molar-refractivity contribution >= 4 is 100 Å². The molecule has 0 amide bonds. The van der Waals surface area contributed by atoms with Crippen LogP contribution in [0.2, 0.25) is 0 Å². The van der Waals surface area contributed by atoms with E-state index in [9.17, 15) is 13.2 Å². The fraction of sp³-hybridized carbons (Fsp3) is 0.0213. The molecule has 2 heterocycles. The number of rotatable bonds is 3. The molecular formula is C47H28BF3N2O. The van der Waals surface area contributed by atoms with Gasteiger partial charge in [-0.05, 0) is 50.1 Å². The minimum Gasteiger partial charge on any atom is -0.406 e. The lowest BCUT2D eigenvalue weighted by Gasteiger charge is -2.45. The average Bonchev–Trinajstić information content (AvgIpc) is 3.19. The summed E-state index contributed by atoms with van der Waals surface area (Å²) in [6.07, 6.45) is -4.91. The van der Waals surface area contributed by atoms with Crippen molar-refractivity contribution in [3.63, 3.8) is 0 Å². The molecule has 0 N–H and O–H groups in total. The van der Waals surface area contributed by atoms with Crippen LogP contribution in [-0.4, -0.2) is 13.1 Å². The van der Waals surface area contributed by atoms with Crippen LogP contribution in [0.15, 0.2) is 170 Å². The van der Waals surface area contributed by atoms with Gasteiger partial charge in [-0.1, -0.05) is 146 Å². The van der Waals surface area contributed by atoms with Crippen LogP contribution >= 0.6 is 0 Å². The normalized spacial score (nSPS) is 13.4. The Kier molecular flexibility index (Phi) is 6.51. The Hall–Kier alpha value is -6.73.